The summed E-state index contributed by atoms with van der Waals surface area (Å²) in [6.07, 6.45) is 9.76. The topological polar surface area (TPSA) is 32.4 Å². The highest BCUT2D eigenvalue weighted by molar-refractivity contribution is 5.20. The van der Waals surface area contributed by atoms with Gasteiger partial charge in [-0.1, -0.05) is 152 Å². The molecule has 10 heteroatoms. The van der Waals surface area contributed by atoms with Crippen molar-refractivity contribution >= 4 is 0 Å². The lowest BCUT2D eigenvalue weighted by Crippen LogP contribution is -2.69. The Balaban J connectivity index is 0.000000114. The van der Waals surface area contributed by atoms with Crippen LogP contribution >= 0.6 is 0 Å². The summed E-state index contributed by atoms with van der Waals surface area (Å²) in [4.78, 5) is 26.8. The number of hydrogen-bond acceptors (Lipinski definition) is 10. The first-order valence-electron chi connectivity index (χ1n) is 35.2. The summed E-state index contributed by atoms with van der Waals surface area (Å²) in [5.41, 5.74) is 7.60. The van der Waals surface area contributed by atoms with Gasteiger partial charge in [0.1, 0.15) is 0 Å². The molecule has 12 saturated heterocycles. The van der Waals surface area contributed by atoms with Gasteiger partial charge in [0, 0.05) is 188 Å². The van der Waals surface area contributed by atoms with E-state index in [1.807, 2.05) is 0 Å². The van der Waals surface area contributed by atoms with Crippen molar-refractivity contribution in [2.24, 2.45) is 0 Å². The zero-order valence-electron chi connectivity index (χ0n) is 56.5. The van der Waals surface area contributed by atoms with Gasteiger partial charge in [-0.05, 0) is 149 Å². The van der Waals surface area contributed by atoms with Crippen molar-refractivity contribution in [3.8, 4) is 0 Å². The van der Waals surface area contributed by atoms with Crippen LogP contribution in [0.2, 0.25) is 0 Å². The van der Waals surface area contributed by atoms with E-state index in [2.05, 4.69) is 277 Å². The summed E-state index contributed by atoms with van der Waals surface area (Å²) < 4.78 is 0. The second kappa shape index (κ2) is 30.0. The summed E-state index contributed by atoms with van der Waals surface area (Å²) >= 11 is 0. The Kier molecular flexibility index (Phi) is 22.2. The van der Waals surface area contributed by atoms with Crippen LogP contribution in [0.3, 0.4) is 0 Å². The van der Waals surface area contributed by atoms with E-state index in [0.717, 1.165) is 99.2 Å². The normalized spacial score (nSPS) is 29.2. The minimum Gasteiger partial charge on any atom is -0.298 e. The monoisotopic (exact) mass is 1190 g/mol. The molecule has 0 spiro atoms. The summed E-state index contributed by atoms with van der Waals surface area (Å²) in [5.74, 6) is 0. The molecule has 12 aliphatic rings. The Morgan fingerprint density at radius 2 is 0.670 bits per heavy atom. The minimum absolute atomic E-state index is 0.319. The maximum atomic E-state index is 2.75. The smallest absolute Gasteiger partial charge is 0.0245 e. The first-order valence-corrected chi connectivity index (χ1v) is 35.2. The lowest BCUT2D eigenvalue weighted by molar-refractivity contribution is -0.0901. The average Bonchev–Trinajstić information content (AvgIpc) is 2.25. The maximum absolute atomic E-state index is 2.75. The van der Waals surface area contributed by atoms with E-state index in [4.69, 9.17) is 0 Å². The molecule has 478 valence electrons. The number of nitrogens with zero attached hydrogens (tertiary/aromatic N) is 10. The maximum Gasteiger partial charge on any atom is 0.0245 e. The molecule has 0 radical (unpaired) electrons. The summed E-state index contributed by atoms with van der Waals surface area (Å²) in [6, 6.07) is 65.2. The van der Waals surface area contributed by atoms with Gasteiger partial charge in [-0.3, -0.25) is 49.0 Å². The molecule has 12 aliphatic heterocycles. The third-order valence-corrected chi connectivity index (χ3v) is 22.0. The fraction of sp³-hybridized carbons (Fsp3) is 0.615. The van der Waals surface area contributed by atoms with Gasteiger partial charge in [-0.25, -0.2) is 0 Å². The number of likely N-dealkylation sites (tertiary alicyclic amines) is 4. The first kappa shape index (κ1) is 65.2. The number of benzene rings is 5. The molecule has 5 aromatic carbocycles. The highest BCUT2D eigenvalue weighted by Gasteiger charge is 2.48. The van der Waals surface area contributed by atoms with Gasteiger partial charge in [-0.2, -0.15) is 0 Å². The Bertz CT molecular complexity index is 2730. The molecule has 12 fully saturated rings. The molecule has 0 amide bonds. The molecule has 10 bridgehead atoms. The van der Waals surface area contributed by atoms with Crippen LogP contribution in [0, 0.1) is 0 Å². The minimum atomic E-state index is 0.319. The van der Waals surface area contributed by atoms with Crippen molar-refractivity contribution in [1.82, 2.24) is 49.0 Å². The van der Waals surface area contributed by atoms with Gasteiger partial charge in [0.15, 0.2) is 0 Å². The molecule has 0 N–H and O–H groups in total. The van der Waals surface area contributed by atoms with E-state index < -0.39 is 0 Å². The van der Waals surface area contributed by atoms with Crippen LogP contribution in [0.25, 0.3) is 0 Å². The van der Waals surface area contributed by atoms with Crippen LogP contribution in [-0.4, -0.2) is 205 Å². The fourth-order valence-corrected chi connectivity index (χ4v) is 17.6. The molecule has 10 unspecified atom stereocenters. The zero-order chi connectivity index (χ0) is 61.5. The Morgan fingerprint density at radius 1 is 0.318 bits per heavy atom. The Labute approximate surface area is 535 Å². The molecule has 12 heterocycles. The summed E-state index contributed by atoms with van der Waals surface area (Å²) in [6.45, 7) is 43.9. The highest BCUT2D eigenvalue weighted by atomic mass is 15.4. The predicted octanol–water partition coefficient (Wildman–Crippen LogP) is 12.9. The third kappa shape index (κ3) is 16.5. The van der Waals surface area contributed by atoms with Gasteiger partial charge in [0.25, 0.3) is 0 Å². The zero-order valence-corrected chi connectivity index (χ0v) is 56.5. The molecule has 17 rings (SSSR count). The van der Waals surface area contributed by atoms with Crippen LogP contribution in [0.4, 0.5) is 0 Å². The largest absolute Gasteiger partial charge is 0.298 e. The van der Waals surface area contributed by atoms with Crippen LogP contribution in [0.15, 0.2) is 152 Å². The van der Waals surface area contributed by atoms with Crippen molar-refractivity contribution in [1.29, 1.82) is 0 Å². The number of rotatable bonds is 14. The quantitative estimate of drug-likeness (QED) is 0.107. The Hall–Kier alpha value is -4.30. The van der Waals surface area contributed by atoms with E-state index in [1.165, 1.54) is 138 Å². The first-order chi connectivity index (χ1) is 42.5. The van der Waals surface area contributed by atoms with E-state index in [1.54, 1.807) is 0 Å². The molecular formula is C78H116N10. The standard InChI is InChI=1S/C17H26N2.C16H24N2.3C15H22N2/c1-17(2,3)18-12-15-9-10-16(13-18)19(15)11-14-7-5-4-6-8-14;1-13(2)18-15-8-9-16(18)12-17(11-15)10-14-6-4-3-5-7-14;1-12(2)17-11-14-8-15(17)10-16(14)9-13-6-4-3-5-7-13;1-12(2)16-10-14-8-15(11-16)17(14)9-13-6-4-3-5-7-13;1-12(2)17-14-8-15(17)11-16(10-14)9-13-6-4-3-5-7-13/h4-8,15-16H,9-13H2,1-3H3;3-7,13,15-16H,8-12H2,1-2H3;3*3-7,12,14-15H,8-11H2,1-2H3. The van der Waals surface area contributed by atoms with Crippen molar-refractivity contribution in [2.75, 3.05) is 65.4 Å². The number of hydrogen-bond donors (Lipinski definition) is 0. The van der Waals surface area contributed by atoms with Gasteiger partial charge in [0.2, 0.25) is 0 Å². The molecule has 88 heavy (non-hydrogen) atoms. The summed E-state index contributed by atoms with van der Waals surface area (Å²) in [5, 5.41) is 0. The fourth-order valence-electron chi connectivity index (χ4n) is 17.6. The van der Waals surface area contributed by atoms with Crippen molar-refractivity contribution < 1.29 is 0 Å². The Morgan fingerprint density at radius 3 is 1.05 bits per heavy atom. The molecular weight excluding hydrogens is 1080 g/mol. The van der Waals surface area contributed by atoms with Gasteiger partial charge in [-0.15, -0.1) is 0 Å². The summed E-state index contributed by atoms with van der Waals surface area (Å²) in [7, 11) is 0. The lowest BCUT2D eigenvalue weighted by Gasteiger charge is -2.58. The number of fused-ring (bicyclic) bond motifs is 10. The molecule has 5 aromatic rings. The number of piperidine rings is 2. The van der Waals surface area contributed by atoms with E-state index >= 15 is 0 Å². The van der Waals surface area contributed by atoms with Crippen LogP contribution in [0.1, 0.15) is 149 Å². The van der Waals surface area contributed by atoms with Crippen LogP contribution in [-0.2, 0) is 32.7 Å². The van der Waals surface area contributed by atoms with Gasteiger partial charge in [0.05, 0.1) is 0 Å². The van der Waals surface area contributed by atoms with E-state index in [-0.39, 0.29) is 0 Å². The van der Waals surface area contributed by atoms with Gasteiger partial charge < -0.3 is 0 Å². The average molecular weight is 1190 g/mol. The van der Waals surface area contributed by atoms with Crippen molar-refractivity contribution in [3.63, 3.8) is 0 Å². The van der Waals surface area contributed by atoms with Crippen molar-refractivity contribution in [2.45, 2.75) is 244 Å². The predicted molar refractivity (Wildman–Crippen MR) is 368 cm³/mol. The molecule has 10 atom stereocenters. The second-order valence-corrected chi connectivity index (χ2v) is 30.5. The second-order valence-electron chi connectivity index (χ2n) is 30.5. The third-order valence-electron chi connectivity index (χ3n) is 22.0. The molecule has 0 aromatic heterocycles. The highest BCUT2D eigenvalue weighted by Crippen LogP contribution is 2.38. The van der Waals surface area contributed by atoms with E-state index in [0.29, 0.717) is 23.7 Å². The van der Waals surface area contributed by atoms with Gasteiger partial charge >= 0.3 is 0 Å². The lowest BCUT2D eigenvalue weighted by atomic mass is 9.85. The molecule has 10 nitrogen and oxygen atoms in total. The van der Waals surface area contributed by atoms with Crippen LogP contribution < -0.4 is 0 Å². The van der Waals surface area contributed by atoms with E-state index in [9.17, 15) is 0 Å². The molecule has 0 saturated carbocycles. The molecule has 0 aliphatic carbocycles. The van der Waals surface area contributed by atoms with Crippen LogP contribution in [0.5, 0.6) is 0 Å². The SMILES string of the molecule is CC(C)(C)N1CC2CCC(C1)N2Cc1ccccc1.CC(C)N1C2CC1CN(Cc1ccccc1)C2.CC(C)N1C2CCC1CN(Cc1ccccc1)C2.CC(C)N1CC2CC(C1)N2Cc1ccccc1.CC(C)N1CC2CC1CN2Cc1ccccc1. The van der Waals surface area contributed by atoms with Crippen molar-refractivity contribution in [3.05, 3.63) is 179 Å². The number of piperazine rings is 5.